The van der Waals surface area contributed by atoms with Crippen LogP contribution in [0.5, 0.6) is 0 Å². The Balaban J connectivity index is 1.94. The summed E-state index contributed by atoms with van der Waals surface area (Å²) in [4.78, 5) is 12.0. The molecule has 80 valence electrons. The maximum absolute atomic E-state index is 12.0. The topological polar surface area (TPSA) is 30.2 Å². The van der Waals surface area contributed by atoms with E-state index in [9.17, 15) is 4.79 Å². The van der Waals surface area contributed by atoms with Gasteiger partial charge in [-0.3, -0.25) is 4.79 Å². The lowest BCUT2D eigenvalue weighted by molar-refractivity contribution is 0.0938. The second kappa shape index (κ2) is 3.34. The quantitative estimate of drug-likeness (QED) is 0.576. The number of allylic oxidation sites excluding steroid dienone is 1. The smallest absolute Gasteiger partial charge is 0.201 e. The molecule has 0 unspecified atom stereocenters. The number of furan rings is 1. The molecule has 0 radical (unpaired) electrons. The molecule has 0 spiro atoms. The van der Waals surface area contributed by atoms with Crippen LogP contribution in [0, 0.1) is 11.8 Å². The molecule has 0 amide bonds. The van der Waals surface area contributed by atoms with E-state index in [0.717, 1.165) is 17.4 Å². The first-order chi connectivity index (χ1) is 7.79. The van der Waals surface area contributed by atoms with Crippen LogP contribution in [0.1, 0.15) is 17.0 Å². The van der Waals surface area contributed by atoms with Crippen molar-refractivity contribution >= 4 is 16.8 Å². The fraction of sp³-hybridized carbons (Fsp3) is 0.214. The van der Waals surface area contributed by atoms with Gasteiger partial charge >= 0.3 is 0 Å². The van der Waals surface area contributed by atoms with Crippen LogP contribution in [0.15, 0.2) is 47.4 Å². The Hall–Kier alpha value is -1.83. The molecule has 16 heavy (non-hydrogen) atoms. The number of hydrogen-bond acceptors (Lipinski definition) is 2. The van der Waals surface area contributed by atoms with Crippen molar-refractivity contribution in [2.75, 3.05) is 0 Å². The highest BCUT2D eigenvalue weighted by Crippen LogP contribution is 2.42. The summed E-state index contributed by atoms with van der Waals surface area (Å²) in [6.45, 7) is 3.71. The molecule has 1 aromatic heterocycles. The van der Waals surface area contributed by atoms with Crippen molar-refractivity contribution < 1.29 is 9.21 Å². The van der Waals surface area contributed by atoms with Crippen LogP contribution < -0.4 is 0 Å². The van der Waals surface area contributed by atoms with E-state index >= 15 is 0 Å². The lowest BCUT2D eigenvalue weighted by Crippen LogP contribution is -2.00. The number of Topliss-reactive ketones (excluding diaryl/α,β-unsaturated/α-hetero) is 1. The largest absolute Gasteiger partial charge is 0.453 e. The van der Waals surface area contributed by atoms with Gasteiger partial charge in [0, 0.05) is 11.3 Å². The van der Waals surface area contributed by atoms with Gasteiger partial charge in [-0.2, -0.15) is 0 Å². The van der Waals surface area contributed by atoms with Gasteiger partial charge in [0.25, 0.3) is 0 Å². The second-order valence-corrected chi connectivity index (χ2v) is 4.25. The third-order valence-electron chi connectivity index (χ3n) is 3.15. The zero-order chi connectivity index (χ0) is 11.1. The number of carbonyl (C=O) groups excluding carboxylic acids is 1. The standard InChI is InChI=1S/C14H12O2/c1-2-9-7-11(9)14(15)13-8-10-5-3-4-6-12(10)16-13/h2-6,8-9,11H,1,7H2/t9-,11-/m1/s1. The molecule has 0 N–H and O–H groups in total. The summed E-state index contributed by atoms with van der Waals surface area (Å²) in [7, 11) is 0. The van der Waals surface area contributed by atoms with Crippen molar-refractivity contribution in [1.29, 1.82) is 0 Å². The number of rotatable bonds is 3. The van der Waals surface area contributed by atoms with Crippen LogP contribution in [-0.2, 0) is 0 Å². The maximum atomic E-state index is 12.0. The number of benzene rings is 1. The average Bonchev–Trinajstić information content (AvgIpc) is 2.98. The van der Waals surface area contributed by atoms with Crippen molar-refractivity contribution in [1.82, 2.24) is 0 Å². The summed E-state index contributed by atoms with van der Waals surface area (Å²) < 4.78 is 5.54. The monoisotopic (exact) mass is 212 g/mol. The summed E-state index contributed by atoms with van der Waals surface area (Å²) in [5, 5.41) is 0.988. The number of ketones is 1. The normalized spacial score (nSPS) is 23.2. The van der Waals surface area contributed by atoms with E-state index in [1.54, 1.807) is 0 Å². The number of fused-ring (bicyclic) bond motifs is 1. The van der Waals surface area contributed by atoms with Gasteiger partial charge in [0.15, 0.2) is 5.76 Å². The molecular weight excluding hydrogens is 200 g/mol. The SMILES string of the molecule is C=C[C@@H]1C[C@H]1C(=O)c1cc2ccccc2o1. The number of para-hydroxylation sites is 1. The summed E-state index contributed by atoms with van der Waals surface area (Å²) in [6, 6.07) is 9.51. The highest BCUT2D eigenvalue weighted by atomic mass is 16.3. The summed E-state index contributed by atoms with van der Waals surface area (Å²) in [5.41, 5.74) is 0.779. The van der Waals surface area contributed by atoms with Gasteiger partial charge in [0.1, 0.15) is 5.58 Å². The molecule has 2 heteroatoms. The van der Waals surface area contributed by atoms with E-state index in [2.05, 4.69) is 6.58 Å². The molecule has 0 bridgehead atoms. The molecule has 2 nitrogen and oxygen atoms in total. The fourth-order valence-corrected chi connectivity index (χ4v) is 2.06. The first-order valence-electron chi connectivity index (χ1n) is 5.45. The first kappa shape index (κ1) is 9.40. The summed E-state index contributed by atoms with van der Waals surface area (Å²) in [5.74, 6) is 1.04. The van der Waals surface area contributed by atoms with Gasteiger partial charge in [-0.25, -0.2) is 0 Å². The van der Waals surface area contributed by atoms with E-state index in [-0.39, 0.29) is 11.7 Å². The molecule has 1 saturated carbocycles. The second-order valence-electron chi connectivity index (χ2n) is 4.25. The minimum atomic E-state index is 0.0954. The molecule has 1 aliphatic carbocycles. The van der Waals surface area contributed by atoms with Gasteiger partial charge in [-0.1, -0.05) is 24.3 Å². The van der Waals surface area contributed by atoms with Crippen LogP contribution in [0.2, 0.25) is 0 Å². The Morgan fingerprint density at radius 1 is 1.44 bits per heavy atom. The van der Waals surface area contributed by atoms with Gasteiger partial charge in [-0.15, -0.1) is 6.58 Å². The van der Waals surface area contributed by atoms with Crippen LogP contribution in [0.4, 0.5) is 0 Å². The molecule has 1 aliphatic rings. The lowest BCUT2D eigenvalue weighted by atomic mass is 10.1. The van der Waals surface area contributed by atoms with E-state index in [1.807, 2.05) is 36.4 Å². The Kier molecular flexibility index (Phi) is 1.96. The zero-order valence-corrected chi connectivity index (χ0v) is 8.85. The van der Waals surface area contributed by atoms with Crippen molar-refractivity contribution in [3.05, 3.63) is 48.7 Å². The van der Waals surface area contributed by atoms with E-state index < -0.39 is 0 Å². The Bertz CT molecular complexity index is 532. The molecular formula is C14H12O2. The highest BCUT2D eigenvalue weighted by molar-refractivity contribution is 6.00. The third kappa shape index (κ3) is 1.38. The van der Waals surface area contributed by atoms with Gasteiger partial charge < -0.3 is 4.42 Å². The minimum Gasteiger partial charge on any atom is -0.453 e. The summed E-state index contributed by atoms with van der Waals surface area (Å²) >= 11 is 0. The maximum Gasteiger partial charge on any atom is 0.201 e. The Labute approximate surface area is 93.6 Å². The first-order valence-corrected chi connectivity index (χ1v) is 5.45. The van der Waals surface area contributed by atoms with Crippen molar-refractivity contribution in [2.24, 2.45) is 11.8 Å². The van der Waals surface area contributed by atoms with Gasteiger partial charge in [0.05, 0.1) is 0 Å². The molecule has 1 aromatic carbocycles. The Morgan fingerprint density at radius 3 is 2.94 bits per heavy atom. The molecule has 0 saturated heterocycles. The van der Waals surface area contributed by atoms with Crippen LogP contribution in [0.3, 0.4) is 0 Å². The summed E-state index contributed by atoms with van der Waals surface area (Å²) in [6.07, 6.45) is 2.77. The van der Waals surface area contributed by atoms with Crippen LogP contribution in [0.25, 0.3) is 11.0 Å². The lowest BCUT2D eigenvalue weighted by Gasteiger charge is -1.91. The molecule has 1 heterocycles. The predicted octanol–water partition coefficient (Wildman–Crippen LogP) is 3.44. The molecule has 2 aromatic rings. The van der Waals surface area contributed by atoms with Crippen molar-refractivity contribution in [2.45, 2.75) is 6.42 Å². The molecule has 2 atom stereocenters. The molecule has 3 rings (SSSR count). The van der Waals surface area contributed by atoms with Crippen molar-refractivity contribution in [3.63, 3.8) is 0 Å². The average molecular weight is 212 g/mol. The van der Waals surface area contributed by atoms with E-state index in [1.165, 1.54) is 0 Å². The van der Waals surface area contributed by atoms with E-state index in [0.29, 0.717) is 11.7 Å². The Morgan fingerprint density at radius 2 is 2.25 bits per heavy atom. The van der Waals surface area contributed by atoms with Crippen LogP contribution >= 0.6 is 0 Å². The van der Waals surface area contributed by atoms with E-state index in [4.69, 9.17) is 4.42 Å². The van der Waals surface area contributed by atoms with Crippen molar-refractivity contribution in [3.8, 4) is 0 Å². The third-order valence-corrected chi connectivity index (χ3v) is 3.15. The van der Waals surface area contributed by atoms with Gasteiger partial charge in [-0.05, 0) is 24.5 Å². The van der Waals surface area contributed by atoms with Crippen LogP contribution in [-0.4, -0.2) is 5.78 Å². The number of hydrogen-bond donors (Lipinski definition) is 0. The fourth-order valence-electron chi connectivity index (χ4n) is 2.06. The minimum absolute atomic E-state index is 0.0954. The predicted molar refractivity (Wildman–Crippen MR) is 62.3 cm³/mol. The molecule has 0 aliphatic heterocycles. The number of carbonyl (C=O) groups is 1. The molecule has 1 fully saturated rings. The highest BCUT2D eigenvalue weighted by Gasteiger charge is 2.42. The zero-order valence-electron chi connectivity index (χ0n) is 8.85. The van der Waals surface area contributed by atoms with Gasteiger partial charge in [0.2, 0.25) is 5.78 Å².